The minimum absolute atomic E-state index is 0.00407. The third-order valence-electron chi connectivity index (χ3n) is 4.03. The molecule has 0 bridgehead atoms. The van der Waals surface area contributed by atoms with Crippen LogP contribution in [-0.4, -0.2) is 14.9 Å². The molecule has 2 aromatic rings. The molecule has 0 spiro atoms. The van der Waals surface area contributed by atoms with E-state index in [-0.39, 0.29) is 5.04 Å². The van der Waals surface area contributed by atoms with Crippen molar-refractivity contribution in [2.75, 3.05) is 6.61 Å². The molecule has 23 heavy (non-hydrogen) atoms. The zero-order chi connectivity index (χ0) is 16.8. The molecule has 0 saturated heterocycles. The van der Waals surface area contributed by atoms with Crippen molar-refractivity contribution in [3.8, 4) is 11.3 Å². The van der Waals surface area contributed by atoms with Crippen molar-refractivity contribution in [2.45, 2.75) is 32.2 Å². The van der Waals surface area contributed by atoms with Crippen LogP contribution < -0.4 is 10.4 Å². The normalized spacial score (nSPS) is 11.7. The summed E-state index contributed by atoms with van der Waals surface area (Å²) in [4.78, 5) is 0. The van der Waals surface area contributed by atoms with Crippen molar-refractivity contribution in [3.63, 3.8) is 0 Å². The van der Waals surface area contributed by atoms with Gasteiger partial charge in [0.15, 0.2) is 0 Å². The van der Waals surface area contributed by atoms with Gasteiger partial charge in [-0.15, -0.1) is 0 Å². The molecule has 0 aromatic heterocycles. The van der Waals surface area contributed by atoms with E-state index < -0.39 is 8.32 Å². The summed E-state index contributed by atoms with van der Waals surface area (Å²) in [5, 5.41) is 5.01. The van der Waals surface area contributed by atoms with E-state index in [1.54, 1.807) is 0 Å². The lowest BCUT2D eigenvalue weighted by molar-refractivity contribution is 0.306. The van der Waals surface area contributed by atoms with E-state index in [4.69, 9.17) is 16.0 Å². The fourth-order valence-corrected chi connectivity index (χ4v) is 7.72. The summed E-state index contributed by atoms with van der Waals surface area (Å²) < 4.78 is 6.65. The molecule has 2 aromatic carbocycles. The molecule has 0 aliphatic heterocycles. The molecule has 0 amide bonds. The van der Waals surface area contributed by atoms with Gasteiger partial charge < -0.3 is 4.43 Å². The summed E-state index contributed by atoms with van der Waals surface area (Å²) in [7, 11) is -2.41. The zero-order valence-electron chi connectivity index (χ0n) is 14.0. The van der Waals surface area contributed by atoms with Crippen LogP contribution in [-0.2, 0) is 4.43 Å². The van der Waals surface area contributed by atoms with Crippen molar-refractivity contribution in [3.05, 3.63) is 60.7 Å². The third-order valence-corrected chi connectivity index (χ3v) is 9.21. The standard InChI is InChI=1S/C20H23ClOSi/c1-20(2,3)23(22-17-11-10-16-21,18-12-6-4-7-13-18)19-14-8-5-9-15-19/h4-9,12-15H,11,17H2,1-3H3. The molecule has 120 valence electrons. The Bertz CT molecular complexity index is 626. The second-order valence-corrected chi connectivity index (χ2v) is 11.0. The van der Waals surface area contributed by atoms with E-state index in [2.05, 4.69) is 92.7 Å². The van der Waals surface area contributed by atoms with Crippen molar-refractivity contribution < 1.29 is 4.43 Å². The number of hydrogen-bond donors (Lipinski definition) is 0. The Morgan fingerprint density at radius 3 is 1.78 bits per heavy atom. The first-order valence-corrected chi connectivity index (χ1v) is 10.1. The van der Waals surface area contributed by atoms with Crippen LogP contribution in [0.5, 0.6) is 0 Å². The minimum Gasteiger partial charge on any atom is -0.406 e. The Labute approximate surface area is 145 Å². The van der Waals surface area contributed by atoms with Gasteiger partial charge in [-0.3, -0.25) is 0 Å². The molecular weight excluding hydrogens is 320 g/mol. The van der Waals surface area contributed by atoms with Gasteiger partial charge in [0.25, 0.3) is 8.32 Å². The molecule has 0 aliphatic carbocycles. The first kappa shape index (κ1) is 17.8. The highest BCUT2D eigenvalue weighted by Crippen LogP contribution is 2.36. The smallest absolute Gasteiger partial charge is 0.261 e. The molecule has 2 rings (SSSR count). The molecule has 0 atom stereocenters. The lowest BCUT2D eigenvalue weighted by Gasteiger charge is -2.43. The quantitative estimate of drug-likeness (QED) is 0.450. The third kappa shape index (κ3) is 3.87. The first-order valence-electron chi connectivity index (χ1n) is 7.86. The van der Waals surface area contributed by atoms with Crippen molar-refractivity contribution in [2.24, 2.45) is 0 Å². The molecular formula is C20H23ClOSi. The van der Waals surface area contributed by atoms with Gasteiger partial charge in [-0.1, -0.05) is 87.4 Å². The molecule has 0 aliphatic rings. The van der Waals surface area contributed by atoms with Crippen molar-refractivity contribution in [1.82, 2.24) is 0 Å². The van der Waals surface area contributed by atoms with E-state index in [0.717, 1.165) is 0 Å². The average Bonchev–Trinajstić information content (AvgIpc) is 2.55. The lowest BCUT2D eigenvalue weighted by atomic mass is 10.2. The highest BCUT2D eigenvalue weighted by molar-refractivity contribution is 6.99. The number of benzene rings is 2. The van der Waals surface area contributed by atoms with Gasteiger partial charge in [0.1, 0.15) is 0 Å². The maximum absolute atomic E-state index is 6.65. The Morgan fingerprint density at radius 2 is 1.39 bits per heavy atom. The predicted octanol–water partition coefficient (Wildman–Crippen LogP) is 4.15. The van der Waals surface area contributed by atoms with Crippen LogP contribution in [0.25, 0.3) is 0 Å². The number of hydrogen-bond acceptors (Lipinski definition) is 1. The van der Waals surface area contributed by atoms with E-state index in [1.807, 2.05) is 0 Å². The second kappa shape index (κ2) is 7.83. The van der Waals surface area contributed by atoms with E-state index in [9.17, 15) is 0 Å². The van der Waals surface area contributed by atoms with E-state index >= 15 is 0 Å². The van der Waals surface area contributed by atoms with Crippen LogP contribution in [0.4, 0.5) is 0 Å². The fourth-order valence-electron chi connectivity index (χ4n) is 3.06. The molecule has 0 heterocycles. The van der Waals surface area contributed by atoms with Crippen LogP contribution in [0.2, 0.25) is 5.04 Å². The van der Waals surface area contributed by atoms with Crippen LogP contribution >= 0.6 is 11.6 Å². The van der Waals surface area contributed by atoms with Gasteiger partial charge in [-0.25, -0.2) is 0 Å². The van der Waals surface area contributed by atoms with E-state index in [1.165, 1.54) is 10.4 Å². The zero-order valence-corrected chi connectivity index (χ0v) is 15.7. The summed E-state index contributed by atoms with van der Waals surface area (Å²) in [6, 6.07) is 21.2. The highest BCUT2D eigenvalue weighted by atomic mass is 35.5. The predicted molar refractivity (Wildman–Crippen MR) is 102 cm³/mol. The Kier molecular flexibility index (Phi) is 6.07. The number of halogens is 1. The minimum atomic E-state index is -2.41. The monoisotopic (exact) mass is 342 g/mol. The topological polar surface area (TPSA) is 9.23 Å². The van der Waals surface area contributed by atoms with Gasteiger partial charge >= 0.3 is 0 Å². The summed E-state index contributed by atoms with van der Waals surface area (Å²) in [5.41, 5.74) is 0. The van der Waals surface area contributed by atoms with Gasteiger partial charge in [0.2, 0.25) is 0 Å². The largest absolute Gasteiger partial charge is 0.406 e. The van der Waals surface area contributed by atoms with Gasteiger partial charge in [-0.2, -0.15) is 0 Å². The Hall–Kier alpha value is -1.53. The summed E-state index contributed by atoms with van der Waals surface area (Å²) in [6.45, 7) is 7.40. The molecule has 0 saturated carbocycles. The fraction of sp³-hybridized carbons (Fsp3) is 0.300. The maximum atomic E-state index is 6.65. The molecule has 0 fully saturated rings. The van der Waals surface area contributed by atoms with Gasteiger partial charge in [-0.05, 0) is 27.0 Å². The van der Waals surface area contributed by atoms with Crippen LogP contribution in [0.15, 0.2) is 60.7 Å². The Balaban J connectivity index is 2.56. The lowest BCUT2D eigenvalue weighted by Crippen LogP contribution is -2.66. The van der Waals surface area contributed by atoms with Crippen molar-refractivity contribution >= 4 is 30.3 Å². The van der Waals surface area contributed by atoms with E-state index in [0.29, 0.717) is 13.0 Å². The number of rotatable bonds is 5. The first-order chi connectivity index (χ1) is 11.0. The Morgan fingerprint density at radius 1 is 0.913 bits per heavy atom. The molecule has 0 unspecified atom stereocenters. The summed E-state index contributed by atoms with van der Waals surface area (Å²) in [5.74, 6) is 2.89. The summed E-state index contributed by atoms with van der Waals surface area (Å²) in [6.07, 6.45) is 0.647. The molecule has 1 nitrogen and oxygen atoms in total. The van der Waals surface area contributed by atoms with Crippen LogP contribution in [0.1, 0.15) is 27.2 Å². The molecule has 0 N–H and O–H groups in total. The highest BCUT2D eigenvalue weighted by Gasteiger charge is 2.49. The van der Waals surface area contributed by atoms with Crippen LogP contribution in [0, 0.1) is 11.3 Å². The maximum Gasteiger partial charge on any atom is 0.261 e. The SMILES string of the molecule is CC(C)(C)[Si](OCCC#CCl)(c1ccccc1)c1ccccc1. The summed E-state index contributed by atoms with van der Waals surface area (Å²) >= 11 is 5.47. The van der Waals surface area contributed by atoms with Gasteiger partial charge in [0.05, 0.1) is 0 Å². The van der Waals surface area contributed by atoms with Crippen molar-refractivity contribution in [1.29, 1.82) is 0 Å². The molecule has 0 radical (unpaired) electrons. The average molecular weight is 343 g/mol. The van der Waals surface area contributed by atoms with Crippen LogP contribution in [0.3, 0.4) is 0 Å². The second-order valence-electron chi connectivity index (χ2n) is 6.53. The molecule has 3 heteroatoms. The van der Waals surface area contributed by atoms with Gasteiger partial charge in [0, 0.05) is 18.4 Å².